The van der Waals surface area contributed by atoms with Gasteiger partial charge in [-0.25, -0.2) is 9.18 Å². The molecule has 5 nitrogen and oxygen atoms in total. The molecule has 1 aromatic rings. The molecule has 0 aromatic heterocycles. The van der Waals surface area contributed by atoms with Gasteiger partial charge in [0.1, 0.15) is 5.82 Å². The van der Waals surface area contributed by atoms with Gasteiger partial charge in [0.2, 0.25) is 5.91 Å². The van der Waals surface area contributed by atoms with Crippen molar-refractivity contribution in [2.75, 3.05) is 12.4 Å². The summed E-state index contributed by atoms with van der Waals surface area (Å²) < 4.78 is 17.9. The molecule has 0 aliphatic heterocycles. The fraction of sp³-hybridized carbons (Fsp3) is 0.429. The van der Waals surface area contributed by atoms with Crippen molar-refractivity contribution in [1.82, 2.24) is 0 Å². The number of esters is 1. The number of amides is 1. The third kappa shape index (κ3) is 3.77. The van der Waals surface area contributed by atoms with Crippen molar-refractivity contribution in [3.05, 3.63) is 29.6 Å². The Labute approximate surface area is 117 Å². The lowest BCUT2D eigenvalue weighted by Gasteiger charge is -2.18. The minimum atomic E-state index is -0.801. The second-order valence-corrected chi connectivity index (χ2v) is 4.59. The normalized spacial score (nSPS) is 13.4. The molecule has 3 N–H and O–H groups in total. The molecule has 2 unspecified atom stereocenters. The maximum absolute atomic E-state index is 13.4. The summed E-state index contributed by atoms with van der Waals surface area (Å²) in [5.74, 6) is -1.86. The van der Waals surface area contributed by atoms with Gasteiger partial charge in [0.15, 0.2) is 0 Å². The van der Waals surface area contributed by atoms with Crippen LogP contribution < -0.4 is 11.1 Å². The molecule has 1 aromatic carbocycles. The Morgan fingerprint density at radius 2 is 2.10 bits per heavy atom. The van der Waals surface area contributed by atoms with E-state index in [0.717, 1.165) is 19.6 Å². The number of ether oxygens (including phenoxy) is 1. The monoisotopic (exact) mass is 282 g/mol. The van der Waals surface area contributed by atoms with Gasteiger partial charge < -0.3 is 15.8 Å². The van der Waals surface area contributed by atoms with Crippen LogP contribution in [-0.4, -0.2) is 25.0 Å². The SMILES string of the molecule is CCC(C)C(N)C(=O)Nc1ccc(F)c(C(=O)OC)c1. The summed E-state index contributed by atoms with van der Waals surface area (Å²) in [5, 5.41) is 2.57. The standard InChI is InChI=1S/C14H19FN2O3/c1-4-8(2)12(16)13(18)17-9-5-6-11(15)10(7-9)14(19)20-3/h5-8,12H,4,16H2,1-3H3,(H,17,18). The van der Waals surface area contributed by atoms with E-state index < -0.39 is 17.8 Å². The Hall–Kier alpha value is -1.95. The van der Waals surface area contributed by atoms with E-state index in [0.29, 0.717) is 5.69 Å². The number of hydrogen-bond acceptors (Lipinski definition) is 4. The Bertz CT molecular complexity index is 505. The lowest BCUT2D eigenvalue weighted by Crippen LogP contribution is -2.40. The Kier molecular flexibility index (Phi) is 5.64. The second-order valence-electron chi connectivity index (χ2n) is 4.59. The molecule has 0 saturated heterocycles. The molecule has 0 aliphatic rings. The highest BCUT2D eigenvalue weighted by molar-refractivity contribution is 5.97. The van der Waals surface area contributed by atoms with Crippen molar-refractivity contribution in [3.63, 3.8) is 0 Å². The molecule has 110 valence electrons. The fourth-order valence-electron chi connectivity index (χ4n) is 1.61. The fourth-order valence-corrected chi connectivity index (χ4v) is 1.61. The van der Waals surface area contributed by atoms with Gasteiger partial charge >= 0.3 is 5.97 Å². The molecule has 0 aliphatic carbocycles. The van der Waals surface area contributed by atoms with Crippen LogP contribution >= 0.6 is 0 Å². The van der Waals surface area contributed by atoms with E-state index in [4.69, 9.17) is 5.73 Å². The van der Waals surface area contributed by atoms with E-state index in [1.54, 1.807) is 0 Å². The molecule has 0 saturated carbocycles. The van der Waals surface area contributed by atoms with Crippen LogP contribution in [0.1, 0.15) is 30.6 Å². The Balaban J connectivity index is 2.88. The van der Waals surface area contributed by atoms with Crippen molar-refractivity contribution in [1.29, 1.82) is 0 Å². The maximum Gasteiger partial charge on any atom is 0.340 e. The van der Waals surface area contributed by atoms with Gasteiger partial charge in [-0.3, -0.25) is 4.79 Å². The first-order valence-corrected chi connectivity index (χ1v) is 6.35. The molecule has 0 spiro atoms. The molecular formula is C14H19FN2O3. The van der Waals surface area contributed by atoms with Crippen molar-refractivity contribution >= 4 is 17.6 Å². The largest absolute Gasteiger partial charge is 0.465 e. The average molecular weight is 282 g/mol. The van der Waals surface area contributed by atoms with Crippen molar-refractivity contribution in [3.8, 4) is 0 Å². The highest BCUT2D eigenvalue weighted by Crippen LogP contribution is 2.17. The quantitative estimate of drug-likeness (QED) is 0.808. The summed E-state index contributed by atoms with van der Waals surface area (Å²) in [6.07, 6.45) is 0.769. The number of hydrogen-bond donors (Lipinski definition) is 2. The highest BCUT2D eigenvalue weighted by atomic mass is 19.1. The highest BCUT2D eigenvalue weighted by Gasteiger charge is 2.20. The predicted octanol–water partition coefficient (Wildman–Crippen LogP) is 1.92. The minimum absolute atomic E-state index is 0.0236. The number of methoxy groups -OCH3 is 1. The van der Waals surface area contributed by atoms with Crippen LogP contribution in [0.4, 0.5) is 10.1 Å². The average Bonchev–Trinajstić information content (AvgIpc) is 2.46. The van der Waals surface area contributed by atoms with Crippen molar-refractivity contribution < 1.29 is 18.7 Å². The van der Waals surface area contributed by atoms with E-state index in [9.17, 15) is 14.0 Å². The van der Waals surface area contributed by atoms with E-state index in [-0.39, 0.29) is 17.4 Å². The molecular weight excluding hydrogens is 263 g/mol. The number of nitrogens with one attached hydrogen (secondary N) is 1. The molecule has 0 fully saturated rings. The molecule has 1 rings (SSSR count). The first-order chi connectivity index (χ1) is 9.40. The summed E-state index contributed by atoms with van der Waals surface area (Å²) in [4.78, 5) is 23.3. The summed E-state index contributed by atoms with van der Waals surface area (Å²) in [6.45, 7) is 3.81. The molecule has 0 radical (unpaired) electrons. The third-order valence-corrected chi connectivity index (χ3v) is 3.20. The van der Waals surface area contributed by atoms with Crippen molar-refractivity contribution in [2.24, 2.45) is 11.7 Å². The molecule has 2 atom stereocenters. The Morgan fingerprint density at radius 3 is 2.65 bits per heavy atom. The number of nitrogens with two attached hydrogens (primary N) is 1. The van der Waals surface area contributed by atoms with Gasteiger partial charge in [-0.2, -0.15) is 0 Å². The van der Waals surface area contributed by atoms with Gasteiger partial charge in [-0.1, -0.05) is 20.3 Å². The van der Waals surface area contributed by atoms with Crippen LogP contribution in [0.3, 0.4) is 0 Å². The molecule has 0 heterocycles. The van der Waals surface area contributed by atoms with Crippen LogP contribution in [-0.2, 0) is 9.53 Å². The summed E-state index contributed by atoms with van der Waals surface area (Å²) in [7, 11) is 1.16. The minimum Gasteiger partial charge on any atom is -0.465 e. The van der Waals surface area contributed by atoms with Crippen molar-refractivity contribution in [2.45, 2.75) is 26.3 Å². The molecule has 20 heavy (non-hydrogen) atoms. The van der Waals surface area contributed by atoms with Gasteiger partial charge in [-0.05, 0) is 24.1 Å². The number of benzene rings is 1. The van der Waals surface area contributed by atoms with Crippen LogP contribution in [0, 0.1) is 11.7 Å². The van der Waals surface area contributed by atoms with Gasteiger partial charge in [0, 0.05) is 5.69 Å². The predicted molar refractivity (Wildman–Crippen MR) is 73.8 cm³/mol. The van der Waals surface area contributed by atoms with E-state index in [1.807, 2.05) is 13.8 Å². The zero-order chi connectivity index (χ0) is 15.3. The maximum atomic E-state index is 13.4. The van der Waals surface area contributed by atoms with Gasteiger partial charge in [0.25, 0.3) is 0 Å². The number of rotatable bonds is 5. The zero-order valence-corrected chi connectivity index (χ0v) is 11.8. The van der Waals surface area contributed by atoms with Gasteiger partial charge in [-0.15, -0.1) is 0 Å². The molecule has 0 bridgehead atoms. The van der Waals surface area contributed by atoms with E-state index in [1.165, 1.54) is 12.1 Å². The second kappa shape index (κ2) is 7.00. The third-order valence-electron chi connectivity index (χ3n) is 3.20. The van der Waals surface area contributed by atoms with E-state index in [2.05, 4.69) is 10.1 Å². The van der Waals surface area contributed by atoms with Crippen LogP contribution in [0.25, 0.3) is 0 Å². The number of anilines is 1. The number of carbonyl (C=O) groups excluding carboxylic acids is 2. The lowest BCUT2D eigenvalue weighted by atomic mass is 9.99. The molecule has 1 amide bonds. The van der Waals surface area contributed by atoms with Crippen LogP contribution in [0.15, 0.2) is 18.2 Å². The smallest absolute Gasteiger partial charge is 0.340 e. The number of carbonyl (C=O) groups is 2. The Morgan fingerprint density at radius 1 is 1.45 bits per heavy atom. The first kappa shape index (κ1) is 16.1. The summed E-state index contributed by atoms with van der Waals surface area (Å²) in [6, 6.07) is 3.02. The summed E-state index contributed by atoms with van der Waals surface area (Å²) >= 11 is 0. The van der Waals surface area contributed by atoms with Crippen LogP contribution in [0.5, 0.6) is 0 Å². The summed E-state index contributed by atoms with van der Waals surface area (Å²) in [5.41, 5.74) is 5.86. The topological polar surface area (TPSA) is 81.4 Å². The van der Waals surface area contributed by atoms with Crippen LogP contribution in [0.2, 0.25) is 0 Å². The molecule has 6 heteroatoms. The zero-order valence-electron chi connectivity index (χ0n) is 11.8. The van der Waals surface area contributed by atoms with E-state index >= 15 is 0 Å². The number of halogens is 1. The van der Waals surface area contributed by atoms with Gasteiger partial charge in [0.05, 0.1) is 18.7 Å². The first-order valence-electron chi connectivity index (χ1n) is 6.35. The lowest BCUT2D eigenvalue weighted by molar-refractivity contribution is -0.118.